The largest absolute Gasteiger partial charge is 0.417 e. The molecule has 3 rings (SSSR count). The van der Waals surface area contributed by atoms with E-state index < -0.39 is 23.5 Å². The van der Waals surface area contributed by atoms with Gasteiger partial charge in [-0.25, -0.2) is 4.39 Å². The van der Waals surface area contributed by atoms with Gasteiger partial charge < -0.3 is 10.6 Å². The lowest BCUT2D eigenvalue weighted by Gasteiger charge is -2.29. The molecular weight excluding hydrogens is 388 g/mol. The topological polar surface area (TPSA) is 66.9 Å². The zero-order chi connectivity index (χ0) is 21.0. The Labute approximate surface area is 165 Å². The lowest BCUT2D eigenvalue weighted by molar-refractivity contribution is -0.137. The molecule has 0 aliphatic heterocycles. The van der Waals surface area contributed by atoms with Gasteiger partial charge in [0.2, 0.25) is 0 Å². The molecule has 1 aliphatic rings. The van der Waals surface area contributed by atoms with E-state index in [1.165, 1.54) is 13.0 Å². The Balaban J connectivity index is 1.51. The van der Waals surface area contributed by atoms with E-state index in [-0.39, 0.29) is 17.3 Å². The number of aromatic nitrogens is 2. The van der Waals surface area contributed by atoms with Crippen molar-refractivity contribution in [2.24, 2.45) is 5.92 Å². The van der Waals surface area contributed by atoms with Crippen molar-refractivity contribution < 1.29 is 22.4 Å². The van der Waals surface area contributed by atoms with Gasteiger partial charge >= 0.3 is 6.18 Å². The molecule has 29 heavy (non-hydrogen) atoms. The number of rotatable bonds is 5. The van der Waals surface area contributed by atoms with Crippen LogP contribution >= 0.6 is 0 Å². The van der Waals surface area contributed by atoms with E-state index in [1.807, 2.05) is 0 Å². The van der Waals surface area contributed by atoms with Gasteiger partial charge in [0.25, 0.3) is 5.91 Å². The third-order valence-electron chi connectivity index (χ3n) is 5.14. The number of alkyl halides is 3. The fraction of sp³-hybridized carbons (Fsp3) is 0.450. The number of anilines is 1. The van der Waals surface area contributed by atoms with Gasteiger partial charge in [-0.15, -0.1) is 0 Å². The molecule has 2 aromatic heterocycles. The number of hydrogen-bond donors (Lipinski definition) is 2. The summed E-state index contributed by atoms with van der Waals surface area (Å²) in [7, 11) is 0. The van der Waals surface area contributed by atoms with Gasteiger partial charge in [0.05, 0.1) is 29.2 Å². The first-order valence-electron chi connectivity index (χ1n) is 9.41. The quantitative estimate of drug-likeness (QED) is 0.720. The molecule has 2 aromatic rings. The summed E-state index contributed by atoms with van der Waals surface area (Å²) in [5.41, 5.74) is -0.109. The van der Waals surface area contributed by atoms with Crippen LogP contribution in [0.2, 0.25) is 0 Å². The fourth-order valence-electron chi connectivity index (χ4n) is 3.46. The van der Waals surface area contributed by atoms with Crippen LogP contribution in [-0.4, -0.2) is 28.5 Å². The summed E-state index contributed by atoms with van der Waals surface area (Å²) in [6, 6.07) is 2.13. The molecule has 0 unspecified atom stereocenters. The fourth-order valence-corrected chi connectivity index (χ4v) is 3.46. The van der Waals surface area contributed by atoms with Gasteiger partial charge in [0, 0.05) is 30.5 Å². The highest BCUT2D eigenvalue weighted by Crippen LogP contribution is 2.30. The predicted molar refractivity (Wildman–Crippen MR) is 99.9 cm³/mol. The molecule has 0 saturated heterocycles. The van der Waals surface area contributed by atoms with Gasteiger partial charge in [0.1, 0.15) is 5.82 Å². The number of aryl methyl sites for hydroxylation is 1. The summed E-state index contributed by atoms with van der Waals surface area (Å²) < 4.78 is 51.8. The maximum absolute atomic E-state index is 13.2. The molecule has 1 saturated carbocycles. The van der Waals surface area contributed by atoms with Gasteiger partial charge in [-0.1, -0.05) is 0 Å². The number of pyridine rings is 2. The molecule has 0 spiro atoms. The summed E-state index contributed by atoms with van der Waals surface area (Å²) in [6.07, 6.45) is 2.04. The highest BCUT2D eigenvalue weighted by atomic mass is 19.4. The highest BCUT2D eigenvalue weighted by Gasteiger charge is 2.32. The normalized spacial score (nSPS) is 19.6. The van der Waals surface area contributed by atoms with Crippen molar-refractivity contribution in [2.45, 2.75) is 44.8 Å². The van der Waals surface area contributed by atoms with Crippen molar-refractivity contribution in [2.75, 3.05) is 11.9 Å². The summed E-state index contributed by atoms with van der Waals surface area (Å²) in [4.78, 5) is 20.0. The van der Waals surface area contributed by atoms with E-state index in [9.17, 15) is 22.4 Å². The molecule has 1 amide bonds. The van der Waals surface area contributed by atoms with Crippen molar-refractivity contribution >= 4 is 11.6 Å². The van der Waals surface area contributed by atoms with E-state index in [0.29, 0.717) is 18.2 Å². The molecule has 5 nitrogen and oxygen atoms in total. The second-order valence-electron chi connectivity index (χ2n) is 7.32. The van der Waals surface area contributed by atoms with Crippen LogP contribution in [0.4, 0.5) is 23.2 Å². The SMILES string of the molecule is Cc1ncc(C(F)(F)F)cc1C(=O)N[C@H]1CC[C@H](CNc2cncc(F)c2)CC1. The zero-order valence-corrected chi connectivity index (χ0v) is 15.9. The monoisotopic (exact) mass is 410 g/mol. The number of hydrogen-bond acceptors (Lipinski definition) is 4. The number of carbonyl (C=O) groups excluding carboxylic acids is 1. The molecule has 2 N–H and O–H groups in total. The average Bonchev–Trinajstić information content (AvgIpc) is 2.67. The van der Waals surface area contributed by atoms with E-state index in [0.717, 1.165) is 44.1 Å². The van der Waals surface area contributed by atoms with Gasteiger partial charge in [-0.05, 0) is 44.6 Å². The maximum atomic E-state index is 13.2. The van der Waals surface area contributed by atoms with Crippen LogP contribution in [0.3, 0.4) is 0 Å². The van der Waals surface area contributed by atoms with Crippen LogP contribution in [0, 0.1) is 18.7 Å². The second-order valence-corrected chi connectivity index (χ2v) is 7.32. The lowest BCUT2D eigenvalue weighted by atomic mass is 9.86. The Morgan fingerprint density at radius 2 is 1.86 bits per heavy atom. The molecule has 0 atom stereocenters. The van der Waals surface area contributed by atoms with Crippen molar-refractivity contribution in [1.82, 2.24) is 15.3 Å². The minimum atomic E-state index is -4.54. The van der Waals surface area contributed by atoms with Crippen LogP contribution in [0.5, 0.6) is 0 Å². The van der Waals surface area contributed by atoms with Crippen molar-refractivity contribution in [3.63, 3.8) is 0 Å². The van der Waals surface area contributed by atoms with E-state index in [1.54, 1.807) is 6.20 Å². The Hall–Kier alpha value is -2.71. The smallest absolute Gasteiger partial charge is 0.383 e. The Kier molecular flexibility index (Phi) is 6.34. The van der Waals surface area contributed by atoms with Crippen LogP contribution < -0.4 is 10.6 Å². The zero-order valence-electron chi connectivity index (χ0n) is 15.9. The summed E-state index contributed by atoms with van der Waals surface area (Å²) >= 11 is 0. The number of nitrogens with one attached hydrogen (secondary N) is 2. The van der Waals surface area contributed by atoms with E-state index in [4.69, 9.17) is 0 Å². The molecule has 9 heteroatoms. The number of nitrogens with zero attached hydrogens (tertiary/aromatic N) is 2. The first-order valence-corrected chi connectivity index (χ1v) is 9.41. The molecule has 0 aromatic carbocycles. The third kappa shape index (κ3) is 5.65. The number of carbonyl (C=O) groups is 1. The van der Waals surface area contributed by atoms with Crippen LogP contribution in [-0.2, 0) is 6.18 Å². The van der Waals surface area contributed by atoms with Gasteiger partial charge in [-0.2, -0.15) is 13.2 Å². The van der Waals surface area contributed by atoms with Crippen molar-refractivity contribution in [3.05, 3.63) is 53.4 Å². The van der Waals surface area contributed by atoms with E-state index >= 15 is 0 Å². The molecule has 0 radical (unpaired) electrons. The standard InChI is InChI=1S/C20H22F4N4O/c1-12-18(6-14(9-26-12)20(22,23)24)19(29)28-16-4-2-13(3-5-16)8-27-17-7-15(21)10-25-11-17/h6-7,9-11,13,16,27H,2-5,8H2,1H3,(H,28,29)/t13-,16-. The summed E-state index contributed by atoms with van der Waals surface area (Å²) in [5, 5.41) is 5.99. The summed E-state index contributed by atoms with van der Waals surface area (Å²) in [6.45, 7) is 2.18. The average molecular weight is 410 g/mol. The molecule has 156 valence electrons. The molecule has 2 heterocycles. The summed E-state index contributed by atoms with van der Waals surface area (Å²) in [5.74, 6) is -0.572. The van der Waals surface area contributed by atoms with Crippen LogP contribution in [0.15, 0.2) is 30.7 Å². The van der Waals surface area contributed by atoms with Gasteiger partial charge in [-0.3, -0.25) is 14.8 Å². The molecule has 1 fully saturated rings. The highest BCUT2D eigenvalue weighted by molar-refractivity contribution is 5.95. The van der Waals surface area contributed by atoms with Crippen molar-refractivity contribution in [1.29, 1.82) is 0 Å². The minimum Gasteiger partial charge on any atom is -0.383 e. The van der Waals surface area contributed by atoms with E-state index in [2.05, 4.69) is 20.6 Å². The minimum absolute atomic E-state index is 0.0535. The van der Waals surface area contributed by atoms with Crippen LogP contribution in [0.25, 0.3) is 0 Å². The van der Waals surface area contributed by atoms with Crippen LogP contribution in [0.1, 0.15) is 47.3 Å². The predicted octanol–water partition coefficient (Wildman–Crippen LogP) is 4.34. The Bertz CT molecular complexity index is 864. The lowest BCUT2D eigenvalue weighted by Crippen LogP contribution is -2.39. The molecular formula is C20H22F4N4O. The second kappa shape index (κ2) is 8.75. The number of halogens is 4. The first kappa shape index (κ1) is 21.0. The number of amides is 1. The Morgan fingerprint density at radius 1 is 1.14 bits per heavy atom. The molecule has 0 bridgehead atoms. The molecule has 1 aliphatic carbocycles. The Morgan fingerprint density at radius 3 is 2.52 bits per heavy atom. The maximum Gasteiger partial charge on any atom is 0.417 e. The van der Waals surface area contributed by atoms with Crippen molar-refractivity contribution in [3.8, 4) is 0 Å². The third-order valence-corrected chi connectivity index (χ3v) is 5.14. The van der Waals surface area contributed by atoms with Gasteiger partial charge in [0.15, 0.2) is 0 Å². The first-order chi connectivity index (χ1) is 13.7.